The van der Waals surface area contributed by atoms with Crippen LogP contribution in [0.5, 0.6) is 0 Å². The summed E-state index contributed by atoms with van der Waals surface area (Å²) in [6.07, 6.45) is 3.55. The highest BCUT2D eigenvalue weighted by atomic mass is 16.3. The third-order valence-electron chi connectivity index (χ3n) is 3.23. The van der Waals surface area contributed by atoms with Gasteiger partial charge in [0.05, 0.1) is 18.5 Å². The number of nitrogens with one attached hydrogen (secondary N) is 1. The first-order valence-electron chi connectivity index (χ1n) is 7.49. The average Bonchev–Trinajstić information content (AvgIpc) is 2.49. The molecule has 21 heavy (non-hydrogen) atoms. The number of aromatic nitrogens is 2. The van der Waals surface area contributed by atoms with Crippen molar-refractivity contribution in [1.29, 1.82) is 0 Å². The highest BCUT2D eigenvalue weighted by Crippen LogP contribution is 2.18. The van der Waals surface area contributed by atoms with Crippen LogP contribution in [0.1, 0.15) is 55.8 Å². The molecule has 1 rings (SSSR count). The van der Waals surface area contributed by atoms with E-state index in [1.54, 1.807) is 18.1 Å². The number of anilines is 1. The molecule has 0 fully saturated rings. The van der Waals surface area contributed by atoms with Crippen LogP contribution in [-0.2, 0) is 0 Å². The molecule has 1 aromatic heterocycles. The third-order valence-corrected chi connectivity index (χ3v) is 3.23. The summed E-state index contributed by atoms with van der Waals surface area (Å²) in [5.41, 5.74) is 0.990. The molecule has 0 saturated carbocycles. The number of amides is 1. The fourth-order valence-electron chi connectivity index (χ4n) is 1.95. The monoisotopic (exact) mass is 294 g/mol. The van der Waals surface area contributed by atoms with Crippen LogP contribution in [-0.4, -0.2) is 52.6 Å². The lowest BCUT2D eigenvalue weighted by molar-refractivity contribution is 0.0714. The molecule has 0 atom stereocenters. The SMILES string of the molecule is CCCCN(CCO)C(=O)c1nc(C(C)C)ncc1NC. The van der Waals surface area contributed by atoms with Gasteiger partial charge in [-0.05, 0) is 6.42 Å². The van der Waals surface area contributed by atoms with Crippen molar-refractivity contribution in [2.24, 2.45) is 0 Å². The van der Waals surface area contributed by atoms with Crippen molar-refractivity contribution in [3.8, 4) is 0 Å². The van der Waals surface area contributed by atoms with E-state index in [4.69, 9.17) is 5.11 Å². The molecule has 6 heteroatoms. The largest absolute Gasteiger partial charge is 0.395 e. The van der Waals surface area contributed by atoms with E-state index in [1.165, 1.54) is 0 Å². The number of aliphatic hydroxyl groups is 1. The minimum absolute atomic E-state index is 0.0491. The number of nitrogens with zero attached hydrogens (tertiary/aromatic N) is 3. The molecule has 0 spiro atoms. The molecule has 0 aliphatic rings. The predicted molar refractivity (Wildman–Crippen MR) is 83.6 cm³/mol. The van der Waals surface area contributed by atoms with E-state index in [0.29, 0.717) is 30.3 Å². The Balaban J connectivity index is 3.08. The van der Waals surface area contributed by atoms with Crippen LogP contribution in [0.15, 0.2) is 6.20 Å². The molecule has 0 saturated heterocycles. The first kappa shape index (κ1) is 17.4. The molecule has 2 N–H and O–H groups in total. The topological polar surface area (TPSA) is 78.3 Å². The molecular weight excluding hydrogens is 268 g/mol. The van der Waals surface area contributed by atoms with Crippen molar-refractivity contribution < 1.29 is 9.90 Å². The Kier molecular flexibility index (Phi) is 7.08. The summed E-state index contributed by atoms with van der Waals surface area (Å²) in [4.78, 5) is 23.0. The van der Waals surface area contributed by atoms with Gasteiger partial charge in [0.25, 0.3) is 5.91 Å². The van der Waals surface area contributed by atoms with E-state index < -0.39 is 0 Å². The zero-order chi connectivity index (χ0) is 15.8. The Labute approximate surface area is 126 Å². The molecule has 1 heterocycles. The summed E-state index contributed by atoms with van der Waals surface area (Å²) in [6, 6.07) is 0. The van der Waals surface area contributed by atoms with E-state index in [1.807, 2.05) is 13.8 Å². The molecule has 0 radical (unpaired) electrons. The molecule has 0 aliphatic carbocycles. The Hall–Kier alpha value is -1.69. The normalized spacial score (nSPS) is 10.8. The second kappa shape index (κ2) is 8.56. The summed E-state index contributed by atoms with van der Waals surface area (Å²) in [5.74, 6) is 0.646. The third kappa shape index (κ3) is 4.67. The van der Waals surface area contributed by atoms with Gasteiger partial charge in [-0.25, -0.2) is 9.97 Å². The van der Waals surface area contributed by atoms with Gasteiger partial charge in [-0.1, -0.05) is 27.2 Å². The molecule has 0 bridgehead atoms. The van der Waals surface area contributed by atoms with E-state index in [9.17, 15) is 4.79 Å². The Morgan fingerprint density at radius 1 is 1.43 bits per heavy atom. The first-order valence-corrected chi connectivity index (χ1v) is 7.49. The van der Waals surface area contributed by atoms with Crippen molar-refractivity contribution >= 4 is 11.6 Å². The zero-order valence-corrected chi connectivity index (χ0v) is 13.4. The highest BCUT2D eigenvalue weighted by Gasteiger charge is 2.21. The minimum atomic E-state index is -0.161. The Morgan fingerprint density at radius 3 is 2.67 bits per heavy atom. The first-order chi connectivity index (χ1) is 10.0. The lowest BCUT2D eigenvalue weighted by Gasteiger charge is -2.22. The summed E-state index contributed by atoms with van der Waals surface area (Å²) in [7, 11) is 1.74. The molecular formula is C15H26N4O2. The summed E-state index contributed by atoms with van der Waals surface area (Å²) in [6.45, 7) is 6.95. The summed E-state index contributed by atoms with van der Waals surface area (Å²) >= 11 is 0. The van der Waals surface area contributed by atoms with Crippen molar-refractivity contribution in [2.45, 2.75) is 39.5 Å². The number of unbranched alkanes of at least 4 members (excludes halogenated alkanes) is 1. The Bertz CT molecular complexity index is 463. The lowest BCUT2D eigenvalue weighted by Crippen LogP contribution is -2.35. The van der Waals surface area contributed by atoms with Crippen LogP contribution in [0.2, 0.25) is 0 Å². The molecule has 0 aromatic carbocycles. The van der Waals surface area contributed by atoms with E-state index in [0.717, 1.165) is 12.8 Å². The van der Waals surface area contributed by atoms with Crippen LogP contribution in [0, 0.1) is 0 Å². The number of rotatable bonds is 8. The van der Waals surface area contributed by atoms with Crippen LogP contribution in [0.25, 0.3) is 0 Å². The maximum Gasteiger partial charge on any atom is 0.274 e. The molecule has 0 aliphatic heterocycles. The van der Waals surface area contributed by atoms with Crippen LogP contribution in [0.3, 0.4) is 0 Å². The summed E-state index contributed by atoms with van der Waals surface area (Å²) < 4.78 is 0. The fraction of sp³-hybridized carbons (Fsp3) is 0.667. The predicted octanol–water partition coefficient (Wildman–Crippen LogP) is 1.88. The van der Waals surface area contributed by atoms with Gasteiger partial charge in [-0.2, -0.15) is 0 Å². The van der Waals surface area contributed by atoms with Gasteiger partial charge in [-0.15, -0.1) is 0 Å². The van der Waals surface area contributed by atoms with Crippen molar-refractivity contribution in [2.75, 3.05) is 32.1 Å². The molecule has 0 unspecified atom stereocenters. The van der Waals surface area contributed by atoms with Crippen LogP contribution < -0.4 is 5.32 Å². The van der Waals surface area contributed by atoms with E-state index >= 15 is 0 Å². The van der Waals surface area contributed by atoms with E-state index in [2.05, 4.69) is 22.2 Å². The van der Waals surface area contributed by atoms with Crippen LogP contribution >= 0.6 is 0 Å². The number of aliphatic hydroxyl groups excluding tert-OH is 1. The molecule has 1 aromatic rings. The molecule has 118 valence electrons. The Morgan fingerprint density at radius 2 is 2.14 bits per heavy atom. The number of hydrogen-bond acceptors (Lipinski definition) is 5. The lowest BCUT2D eigenvalue weighted by atomic mass is 10.2. The zero-order valence-electron chi connectivity index (χ0n) is 13.4. The number of hydrogen-bond donors (Lipinski definition) is 2. The van der Waals surface area contributed by atoms with Crippen molar-refractivity contribution in [3.05, 3.63) is 17.7 Å². The van der Waals surface area contributed by atoms with Gasteiger partial charge in [0.15, 0.2) is 5.69 Å². The van der Waals surface area contributed by atoms with Crippen molar-refractivity contribution in [1.82, 2.24) is 14.9 Å². The molecule has 1 amide bonds. The number of carbonyl (C=O) groups is 1. The number of carbonyl (C=O) groups excluding carboxylic acids is 1. The maximum absolute atomic E-state index is 12.7. The smallest absolute Gasteiger partial charge is 0.274 e. The highest BCUT2D eigenvalue weighted by molar-refractivity contribution is 5.97. The van der Waals surface area contributed by atoms with Gasteiger partial charge >= 0.3 is 0 Å². The van der Waals surface area contributed by atoms with Gasteiger partial charge in [-0.3, -0.25) is 4.79 Å². The van der Waals surface area contributed by atoms with Crippen molar-refractivity contribution in [3.63, 3.8) is 0 Å². The van der Waals surface area contributed by atoms with Gasteiger partial charge in [0.1, 0.15) is 5.82 Å². The quantitative estimate of drug-likeness (QED) is 0.765. The van der Waals surface area contributed by atoms with Gasteiger partial charge < -0.3 is 15.3 Å². The van der Waals surface area contributed by atoms with E-state index in [-0.39, 0.29) is 18.4 Å². The average molecular weight is 294 g/mol. The van der Waals surface area contributed by atoms with Gasteiger partial charge in [0, 0.05) is 26.1 Å². The second-order valence-corrected chi connectivity index (χ2v) is 5.26. The minimum Gasteiger partial charge on any atom is -0.395 e. The standard InChI is InChI=1S/C15H26N4O2/c1-5-6-7-19(8-9-20)15(21)13-12(16-4)10-17-14(18-13)11(2)3/h10-11,16,20H,5-9H2,1-4H3. The summed E-state index contributed by atoms with van der Waals surface area (Å²) in [5, 5.41) is 12.1. The second-order valence-electron chi connectivity index (χ2n) is 5.26. The van der Waals surface area contributed by atoms with Crippen LogP contribution in [0.4, 0.5) is 5.69 Å². The fourth-order valence-corrected chi connectivity index (χ4v) is 1.95. The van der Waals surface area contributed by atoms with Gasteiger partial charge in [0.2, 0.25) is 0 Å². The molecule has 6 nitrogen and oxygen atoms in total. The maximum atomic E-state index is 12.7.